The summed E-state index contributed by atoms with van der Waals surface area (Å²) in [6.45, 7) is 3.66. The molecule has 0 saturated carbocycles. The summed E-state index contributed by atoms with van der Waals surface area (Å²) in [5.41, 5.74) is 2.59. The second-order valence-electron chi connectivity index (χ2n) is 3.04. The number of halogens is 1. The standard InChI is InChI=1S/C10H14ClNO2/c1-6-4-8(14-3)10(12-5-13)7(2)9(6)11/h4,12-13H,5H2,1-3H3. The molecule has 0 saturated heterocycles. The van der Waals surface area contributed by atoms with Gasteiger partial charge in [0, 0.05) is 5.02 Å². The fourth-order valence-corrected chi connectivity index (χ4v) is 1.53. The first-order valence-electron chi connectivity index (χ1n) is 4.30. The summed E-state index contributed by atoms with van der Waals surface area (Å²) in [5.74, 6) is 0.693. The predicted octanol–water partition coefficient (Wildman–Crippen LogP) is 2.33. The highest BCUT2D eigenvalue weighted by Crippen LogP contribution is 2.35. The van der Waals surface area contributed by atoms with Gasteiger partial charge in [0.2, 0.25) is 0 Å². The van der Waals surface area contributed by atoms with E-state index in [4.69, 9.17) is 21.4 Å². The Kier molecular flexibility index (Phi) is 3.61. The molecule has 0 unspecified atom stereocenters. The van der Waals surface area contributed by atoms with E-state index in [0.29, 0.717) is 10.8 Å². The quantitative estimate of drug-likeness (QED) is 0.761. The van der Waals surface area contributed by atoms with Crippen molar-refractivity contribution < 1.29 is 9.84 Å². The molecule has 1 rings (SSSR count). The number of nitrogens with one attached hydrogen (secondary N) is 1. The van der Waals surface area contributed by atoms with Crippen LogP contribution in [-0.4, -0.2) is 18.9 Å². The molecule has 0 fully saturated rings. The van der Waals surface area contributed by atoms with E-state index in [2.05, 4.69) is 5.32 Å². The Morgan fingerprint density at radius 3 is 2.64 bits per heavy atom. The molecule has 0 aliphatic carbocycles. The highest BCUT2D eigenvalue weighted by atomic mass is 35.5. The molecule has 0 amide bonds. The highest BCUT2D eigenvalue weighted by molar-refractivity contribution is 6.32. The number of hydrogen-bond acceptors (Lipinski definition) is 3. The van der Waals surface area contributed by atoms with Crippen molar-refractivity contribution in [1.29, 1.82) is 0 Å². The van der Waals surface area contributed by atoms with Gasteiger partial charge in [-0.3, -0.25) is 0 Å². The summed E-state index contributed by atoms with van der Waals surface area (Å²) in [7, 11) is 1.59. The number of anilines is 1. The third kappa shape index (κ3) is 1.94. The smallest absolute Gasteiger partial charge is 0.142 e. The number of rotatable bonds is 3. The number of aliphatic hydroxyl groups is 1. The van der Waals surface area contributed by atoms with Gasteiger partial charge in [0.25, 0.3) is 0 Å². The van der Waals surface area contributed by atoms with Crippen molar-refractivity contribution >= 4 is 17.3 Å². The third-order valence-electron chi connectivity index (χ3n) is 2.12. The van der Waals surface area contributed by atoms with Gasteiger partial charge in [-0.15, -0.1) is 0 Å². The van der Waals surface area contributed by atoms with Crippen LogP contribution in [0.2, 0.25) is 5.02 Å². The molecule has 0 atom stereocenters. The highest BCUT2D eigenvalue weighted by Gasteiger charge is 2.11. The average Bonchev–Trinajstić information content (AvgIpc) is 2.19. The monoisotopic (exact) mass is 215 g/mol. The van der Waals surface area contributed by atoms with Gasteiger partial charge >= 0.3 is 0 Å². The first-order valence-corrected chi connectivity index (χ1v) is 4.68. The first kappa shape index (κ1) is 11.1. The zero-order valence-corrected chi connectivity index (χ0v) is 9.27. The molecule has 4 heteroatoms. The second kappa shape index (κ2) is 4.53. The SMILES string of the molecule is COc1cc(C)c(Cl)c(C)c1NCO. The zero-order chi connectivity index (χ0) is 10.7. The maximum atomic E-state index is 8.81. The fourth-order valence-electron chi connectivity index (χ4n) is 1.38. The van der Waals surface area contributed by atoms with Gasteiger partial charge in [0.05, 0.1) is 12.8 Å². The predicted molar refractivity (Wildman–Crippen MR) is 58.2 cm³/mol. The van der Waals surface area contributed by atoms with Crippen LogP contribution in [-0.2, 0) is 0 Å². The number of aliphatic hydroxyl groups excluding tert-OH is 1. The minimum atomic E-state index is -0.142. The third-order valence-corrected chi connectivity index (χ3v) is 2.70. The normalized spacial score (nSPS) is 10.1. The summed E-state index contributed by atoms with van der Waals surface area (Å²) in [4.78, 5) is 0. The van der Waals surface area contributed by atoms with Gasteiger partial charge in [0.1, 0.15) is 12.5 Å². The minimum absolute atomic E-state index is 0.142. The van der Waals surface area contributed by atoms with Crippen LogP contribution < -0.4 is 10.1 Å². The molecular weight excluding hydrogens is 202 g/mol. The lowest BCUT2D eigenvalue weighted by molar-refractivity contribution is 0.324. The van der Waals surface area contributed by atoms with Gasteiger partial charge in [0.15, 0.2) is 0 Å². The van der Waals surface area contributed by atoms with E-state index >= 15 is 0 Å². The van der Waals surface area contributed by atoms with Crippen LogP contribution in [0.1, 0.15) is 11.1 Å². The Bertz CT molecular complexity index is 339. The Morgan fingerprint density at radius 1 is 1.50 bits per heavy atom. The number of benzene rings is 1. The number of aryl methyl sites for hydroxylation is 1. The van der Waals surface area contributed by atoms with E-state index in [1.807, 2.05) is 19.9 Å². The van der Waals surface area contributed by atoms with Gasteiger partial charge in [-0.05, 0) is 31.0 Å². The van der Waals surface area contributed by atoms with Crippen molar-refractivity contribution in [1.82, 2.24) is 0 Å². The van der Waals surface area contributed by atoms with E-state index in [9.17, 15) is 0 Å². The fraction of sp³-hybridized carbons (Fsp3) is 0.400. The largest absolute Gasteiger partial charge is 0.495 e. The molecule has 0 bridgehead atoms. The molecule has 0 aliphatic heterocycles. The zero-order valence-electron chi connectivity index (χ0n) is 8.52. The number of methoxy groups -OCH3 is 1. The number of hydrogen-bond donors (Lipinski definition) is 2. The van der Waals surface area contributed by atoms with Crippen LogP contribution in [0, 0.1) is 13.8 Å². The van der Waals surface area contributed by atoms with Crippen molar-refractivity contribution in [3.05, 3.63) is 22.2 Å². The minimum Gasteiger partial charge on any atom is -0.495 e. The molecule has 14 heavy (non-hydrogen) atoms. The Hall–Kier alpha value is -0.930. The topological polar surface area (TPSA) is 41.5 Å². The second-order valence-corrected chi connectivity index (χ2v) is 3.42. The maximum Gasteiger partial charge on any atom is 0.142 e. The molecule has 0 heterocycles. The molecule has 0 radical (unpaired) electrons. The lowest BCUT2D eigenvalue weighted by Crippen LogP contribution is -2.04. The van der Waals surface area contributed by atoms with Gasteiger partial charge < -0.3 is 15.2 Å². The number of ether oxygens (including phenoxy) is 1. The van der Waals surface area contributed by atoms with Gasteiger partial charge in [-0.2, -0.15) is 0 Å². The molecule has 0 aromatic heterocycles. The summed E-state index contributed by atoms with van der Waals surface area (Å²) < 4.78 is 5.18. The molecule has 78 valence electrons. The molecule has 1 aromatic carbocycles. The van der Waals surface area contributed by atoms with Crippen LogP contribution in [0.4, 0.5) is 5.69 Å². The molecule has 0 spiro atoms. The Morgan fingerprint density at radius 2 is 2.14 bits per heavy atom. The van der Waals surface area contributed by atoms with Crippen LogP contribution in [0.15, 0.2) is 6.07 Å². The van der Waals surface area contributed by atoms with Crippen LogP contribution >= 0.6 is 11.6 Å². The lowest BCUT2D eigenvalue weighted by Gasteiger charge is -2.15. The molecule has 0 aliphatic rings. The maximum absolute atomic E-state index is 8.81. The van der Waals surface area contributed by atoms with E-state index in [1.54, 1.807) is 7.11 Å². The van der Waals surface area contributed by atoms with Crippen molar-refractivity contribution in [2.75, 3.05) is 19.2 Å². The van der Waals surface area contributed by atoms with Crippen LogP contribution in [0.5, 0.6) is 5.75 Å². The van der Waals surface area contributed by atoms with Crippen molar-refractivity contribution in [2.45, 2.75) is 13.8 Å². The van der Waals surface area contributed by atoms with E-state index in [1.165, 1.54) is 0 Å². The molecular formula is C10H14ClNO2. The van der Waals surface area contributed by atoms with Gasteiger partial charge in [-0.1, -0.05) is 11.6 Å². The van der Waals surface area contributed by atoms with E-state index in [-0.39, 0.29) is 6.73 Å². The lowest BCUT2D eigenvalue weighted by atomic mass is 10.1. The Balaban J connectivity index is 3.29. The first-order chi connectivity index (χ1) is 6.61. The van der Waals surface area contributed by atoms with Crippen LogP contribution in [0.3, 0.4) is 0 Å². The van der Waals surface area contributed by atoms with Crippen molar-refractivity contribution in [3.63, 3.8) is 0 Å². The van der Waals surface area contributed by atoms with Crippen molar-refractivity contribution in [2.24, 2.45) is 0 Å². The van der Waals surface area contributed by atoms with E-state index in [0.717, 1.165) is 16.8 Å². The summed E-state index contributed by atoms with van der Waals surface area (Å²) in [6, 6.07) is 1.84. The van der Waals surface area contributed by atoms with Gasteiger partial charge in [-0.25, -0.2) is 0 Å². The Labute approximate surface area is 88.7 Å². The van der Waals surface area contributed by atoms with Crippen LogP contribution in [0.25, 0.3) is 0 Å². The molecule has 2 N–H and O–H groups in total. The summed E-state index contributed by atoms with van der Waals surface area (Å²) >= 11 is 6.07. The van der Waals surface area contributed by atoms with Crippen molar-refractivity contribution in [3.8, 4) is 5.75 Å². The van der Waals surface area contributed by atoms with E-state index < -0.39 is 0 Å². The average molecular weight is 216 g/mol. The summed E-state index contributed by atoms with van der Waals surface area (Å²) in [6.07, 6.45) is 0. The summed E-state index contributed by atoms with van der Waals surface area (Å²) in [5, 5.41) is 12.3. The molecule has 1 aromatic rings. The molecule has 3 nitrogen and oxygen atoms in total.